The quantitative estimate of drug-likeness (QED) is 0.455. The summed E-state index contributed by atoms with van der Waals surface area (Å²) in [4.78, 5) is 0. The van der Waals surface area contributed by atoms with E-state index < -0.39 is 53.2 Å². The van der Waals surface area contributed by atoms with Crippen LogP contribution in [0.1, 0.15) is 0 Å². The Hall–Kier alpha value is -2.25. The van der Waals surface area contributed by atoms with Gasteiger partial charge in [0.15, 0.2) is 34.8 Å². The molecule has 0 amide bonds. The highest BCUT2D eigenvalue weighted by Gasteiger charge is 2.40. The molecule has 0 unspecified atom stereocenters. The summed E-state index contributed by atoms with van der Waals surface area (Å²) in [5, 5.41) is 0. The van der Waals surface area contributed by atoms with Crippen LogP contribution in [-0.4, -0.2) is 7.12 Å². The summed E-state index contributed by atoms with van der Waals surface area (Å²) in [5.74, 6) is -6.77. The van der Waals surface area contributed by atoms with Crippen LogP contribution in [0.2, 0.25) is 0 Å². The van der Waals surface area contributed by atoms with E-state index in [2.05, 4.69) is 0 Å². The molecule has 1 aliphatic heterocycles. The molecule has 0 N–H and O–H groups in total. The maximum atomic E-state index is 13.6. The van der Waals surface area contributed by atoms with Gasteiger partial charge >= 0.3 is 7.12 Å². The standard InChI is InChI=1S/C12H4BF5O2/c14-6-1-2-7(15)12-11(6)19-13(20-12)5-3-9(17)10(18)4-8(5)16/h1-4H. The van der Waals surface area contributed by atoms with Crippen molar-refractivity contribution in [1.82, 2.24) is 0 Å². The molecule has 0 saturated heterocycles. The van der Waals surface area contributed by atoms with Crippen LogP contribution in [0.25, 0.3) is 0 Å². The highest BCUT2D eigenvalue weighted by molar-refractivity contribution is 6.63. The third-order valence-corrected chi connectivity index (χ3v) is 2.76. The minimum atomic E-state index is -1.59. The van der Waals surface area contributed by atoms with Crippen LogP contribution >= 0.6 is 0 Å². The second-order valence-corrected chi connectivity index (χ2v) is 4.04. The lowest BCUT2D eigenvalue weighted by Gasteiger charge is -2.06. The molecule has 8 heteroatoms. The molecule has 3 rings (SSSR count). The van der Waals surface area contributed by atoms with Gasteiger partial charge < -0.3 is 9.31 Å². The largest absolute Gasteiger partial charge is 0.636 e. The highest BCUT2D eigenvalue weighted by atomic mass is 19.2. The SMILES string of the molecule is Fc1cc(F)c(B2Oc3c(F)ccc(F)c3O2)cc1F. The first-order valence-corrected chi connectivity index (χ1v) is 5.43. The average molecular weight is 286 g/mol. The van der Waals surface area contributed by atoms with Crippen molar-refractivity contribution in [3.8, 4) is 11.5 Å². The molecule has 0 radical (unpaired) electrons. The van der Waals surface area contributed by atoms with E-state index in [1.807, 2.05) is 0 Å². The van der Waals surface area contributed by atoms with Crippen molar-refractivity contribution in [2.24, 2.45) is 0 Å². The molecule has 0 aliphatic carbocycles. The van der Waals surface area contributed by atoms with Crippen molar-refractivity contribution in [3.63, 3.8) is 0 Å². The van der Waals surface area contributed by atoms with Crippen LogP contribution in [0, 0.1) is 29.1 Å². The summed E-state index contributed by atoms with van der Waals surface area (Å²) in [6, 6.07) is 2.42. The van der Waals surface area contributed by atoms with Crippen molar-refractivity contribution in [3.05, 3.63) is 53.4 Å². The molecule has 0 aromatic heterocycles. The van der Waals surface area contributed by atoms with Gasteiger partial charge in [-0.05, 0) is 18.2 Å². The first kappa shape index (κ1) is 12.8. The minimum Gasteiger partial charge on any atom is -0.517 e. The fourth-order valence-electron chi connectivity index (χ4n) is 1.82. The van der Waals surface area contributed by atoms with Crippen molar-refractivity contribution >= 4 is 12.6 Å². The summed E-state index contributed by atoms with van der Waals surface area (Å²) in [6.07, 6.45) is 0. The topological polar surface area (TPSA) is 18.5 Å². The molecule has 0 fully saturated rings. The first-order valence-electron chi connectivity index (χ1n) is 5.43. The first-order chi connectivity index (χ1) is 9.47. The molecule has 0 spiro atoms. The second-order valence-electron chi connectivity index (χ2n) is 4.04. The van der Waals surface area contributed by atoms with Gasteiger partial charge in [-0.25, -0.2) is 22.0 Å². The second kappa shape index (κ2) is 4.40. The van der Waals surface area contributed by atoms with Crippen LogP contribution in [0.5, 0.6) is 11.5 Å². The number of benzene rings is 2. The molecular weight excluding hydrogens is 282 g/mol. The molecule has 20 heavy (non-hydrogen) atoms. The molecule has 0 saturated carbocycles. The van der Waals surface area contributed by atoms with Gasteiger partial charge in [-0.3, -0.25) is 0 Å². The fourth-order valence-corrected chi connectivity index (χ4v) is 1.82. The number of hydrogen-bond acceptors (Lipinski definition) is 2. The average Bonchev–Trinajstić information content (AvgIpc) is 2.84. The van der Waals surface area contributed by atoms with E-state index in [0.717, 1.165) is 12.1 Å². The smallest absolute Gasteiger partial charge is 0.517 e. The Morgan fingerprint density at radius 1 is 0.650 bits per heavy atom. The minimum absolute atomic E-state index is 0.299. The molecule has 102 valence electrons. The highest BCUT2D eigenvalue weighted by Crippen LogP contribution is 2.38. The lowest BCUT2D eigenvalue weighted by atomic mass is 9.79. The zero-order valence-corrected chi connectivity index (χ0v) is 9.59. The van der Waals surface area contributed by atoms with E-state index in [1.165, 1.54) is 0 Å². The van der Waals surface area contributed by atoms with E-state index in [0.29, 0.717) is 12.1 Å². The van der Waals surface area contributed by atoms with Gasteiger partial charge in [-0.2, -0.15) is 0 Å². The van der Waals surface area contributed by atoms with Crippen molar-refractivity contribution in [2.75, 3.05) is 0 Å². The summed E-state index contributed by atoms with van der Waals surface area (Å²) < 4.78 is 76.1. The maximum absolute atomic E-state index is 13.6. The lowest BCUT2D eigenvalue weighted by Crippen LogP contribution is -2.41. The van der Waals surface area contributed by atoms with Crippen molar-refractivity contribution in [1.29, 1.82) is 0 Å². The Morgan fingerprint density at radius 3 is 1.70 bits per heavy atom. The summed E-state index contributed by atoms with van der Waals surface area (Å²) in [6.45, 7) is 0. The Labute approximate surface area is 109 Å². The van der Waals surface area contributed by atoms with Gasteiger partial charge in [-0.1, -0.05) is 0 Å². The van der Waals surface area contributed by atoms with Gasteiger partial charge in [0, 0.05) is 6.07 Å². The van der Waals surface area contributed by atoms with Crippen LogP contribution in [0.15, 0.2) is 24.3 Å². The van der Waals surface area contributed by atoms with Gasteiger partial charge in [0.1, 0.15) is 5.82 Å². The van der Waals surface area contributed by atoms with Crippen molar-refractivity contribution in [2.45, 2.75) is 0 Å². The third kappa shape index (κ3) is 1.88. The van der Waals surface area contributed by atoms with Crippen LogP contribution in [0.3, 0.4) is 0 Å². The van der Waals surface area contributed by atoms with Gasteiger partial charge in [0.2, 0.25) is 0 Å². The Morgan fingerprint density at radius 2 is 1.15 bits per heavy atom. The van der Waals surface area contributed by atoms with Crippen LogP contribution < -0.4 is 14.8 Å². The van der Waals surface area contributed by atoms with Crippen LogP contribution in [-0.2, 0) is 0 Å². The summed E-state index contributed by atoms with van der Waals surface area (Å²) in [5.41, 5.74) is -0.501. The fraction of sp³-hybridized carbons (Fsp3) is 0. The zero-order chi connectivity index (χ0) is 14.4. The van der Waals surface area contributed by atoms with E-state index in [-0.39, 0.29) is 0 Å². The molecule has 0 bridgehead atoms. The lowest BCUT2D eigenvalue weighted by molar-refractivity contribution is 0.478. The van der Waals surface area contributed by atoms with Crippen molar-refractivity contribution < 1.29 is 31.3 Å². The molecule has 1 aliphatic rings. The maximum Gasteiger partial charge on any atom is 0.636 e. The number of rotatable bonds is 1. The van der Waals surface area contributed by atoms with E-state index in [1.54, 1.807) is 0 Å². The molecular formula is C12H4BF5O2. The monoisotopic (exact) mass is 286 g/mol. The molecule has 1 heterocycles. The Balaban J connectivity index is 2.02. The summed E-state index contributed by atoms with van der Waals surface area (Å²) >= 11 is 0. The van der Waals surface area contributed by atoms with E-state index >= 15 is 0 Å². The Bertz CT molecular complexity index is 676. The normalized spacial score (nSPS) is 12.9. The van der Waals surface area contributed by atoms with Gasteiger partial charge in [0.05, 0.1) is 5.46 Å². The molecule has 2 aromatic carbocycles. The third-order valence-electron chi connectivity index (χ3n) is 2.76. The molecule has 2 nitrogen and oxygen atoms in total. The zero-order valence-electron chi connectivity index (χ0n) is 9.59. The molecule has 2 aromatic rings. The predicted molar refractivity (Wildman–Crippen MR) is 59.3 cm³/mol. The van der Waals surface area contributed by atoms with Crippen LogP contribution in [0.4, 0.5) is 22.0 Å². The number of fused-ring (bicyclic) bond motifs is 1. The predicted octanol–water partition coefficient (Wildman–Crippen LogP) is 2.55. The van der Waals surface area contributed by atoms with Gasteiger partial charge in [0.25, 0.3) is 0 Å². The van der Waals surface area contributed by atoms with E-state index in [4.69, 9.17) is 9.31 Å². The Kier molecular flexibility index (Phi) is 2.81. The van der Waals surface area contributed by atoms with E-state index in [9.17, 15) is 22.0 Å². The van der Waals surface area contributed by atoms with Gasteiger partial charge in [-0.15, -0.1) is 0 Å². The summed E-state index contributed by atoms with van der Waals surface area (Å²) in [7, 11) is -1.59. The number of halogens is 5. The number of hydrogen-bond donors (Lipinski definition) is 0. The molecule has 0 atom stereocenters.